The van der Waals surface area contributed by atoms with Crippen LogP contribution in [-0.4, -0.2) is 46.8 Å². The Kier molecular flexibility index (Phi) is 4.80. The molecule has 0 bridgehead atoms. The third-order valence-corrected chi connectivity index (χ3v) is 3.13. The molecule has 2 heterocycles. The van der Waals surface area contributed by atoms with Crippen LogP contribution >= 0.6 is 0 Å². The van der Waals surface area contributed by atoms with E-state index in [1.54, 1.807) is 11.1 Å². The zero-order chi connectivity index (χ0) is 15.5. The molecule has 1 aliphatic heterocycles. The maximum atomic E-state index is 12.0. The Balaban J connectivity index is 1.85. The van der Waals surface area contributed by atoms with Crippen molar-refractivity contribution in [2.75, 3.05) is 13.1 Å². The molecule has 2 N–H and O–H groups in total. The van der Waals surface area contributed by atoms with E-state index < -0.39 is 5.60 Å². The smallest absolute Gasteiger partial charge is 0.410 e. The largest absolute Gasteiger partial charge is 0.444 e. The normalized spacial score (nSPS) is 22.4. The van der Waals surface area contributed by atoms with Gasteiger partial charge < -0.3 is 20.1 Å². The number of nitrogens with zero attached hydrogens (tertiary/aromatic N) is 2. The highest BCUT2D eigenvalue weighted by Gasteiger charge is 2.35. The molecule has 2 rings (SSSR count). The van der Waals surface area contributed by atoms with Gasteiger partial charge in [0.25, 0.3) is 0 Å². The maximum Gasteiger partial charge on any atom is 0.410 e. The van der Waals surface area contributed by atoms with E-state index in [0.717, 1.165) is 5.69 Å². The fourth-order valence-electron chi connectivity index (χ4n) is 2.13. The first-order valence-corrected chi connectivity index (χ1v) is 7.10. The molecule has 0 radical (unpaired) electrons. The van der Waals surface area contributed by atoms with Gasteiger partial charge in [0.1, 0.15) is 5.60 Å². The Morgan fingerprint density at radius 2 is 2.19 bits per heavy atom. The van der Waals surface area contributed by atoms with E-state index in [1.165, 1.54) is 0 Å². The summed E-state index contributed by atoms with van der Waals surface area (Å²) in [6.45, 7) is 6.81. The summed E-state index contributed by atoms with van der Waals surface area (Å²) in [4.78, 5) is 17.8. The van der Waals surface area contributed by atoms with E-state index >= 15 is 0 Å². The van der Waals surface area contributed by atoms with Crippen molar-refractivity contribution in [3.63, 3.8) is 0 Å². The molecule has 0 aliphatic carbocycles. The molecule has 0 unspecified atom stereocenters. The second-order valence-corrected chi connectivity index (χ2v) is 6.22. The average molecular weight is 293 g/mol. The highest BCUT2D eigenvalue weighted by molar-refractivity contribution is 5.68. The molecule has 116 valence electrons. The van der Waals surface area contributed by atoms with Crippen LogP contribution in [0.1, 0.15) is 26.5 Å². The molecule has 1 fully saturated rings. The van der Waals surface area contributed by atoms with Crippen LogP contribution < -0.4 is 5.73 Å². The predicted octanol–water partition coefficient (Wildman–Crippen LogP) is 1.54. The van der Waals surface area contributed by atoms with Crippen molar-refractivity contribution in [3.8, 4) is 0 Å². The van der Waals surface area contributed by atoms with Crippen LogP contribution in [0.15, 0.2) is 24.4 Å². The van der Waals surface area contributed by atoms with Gasteiger partial charge >= 0.3 is 6.09 Å². The molecule has 1 aliphatic rings. The third-order valence-electron chi connectivity index (χ3n) is 3.13. The Bertz CT molecular complexity index is 473. The predicted molar refractivity (Wildman–Crippen MR) is 78.6 cm³/mol. The number of hydrogen-bond donors (Lipinski definition) is 1. The van der Waals surface area contributed by atoms with Crippen LogP contribution in [-0.2, 0) is 16.1 Å². The van der Waals surface area contributed by atoms with Crippen molar-refractivity contribution in [1.82, 2.24) is 9.88 Å². The maximum absolute atomic E-state index is 12.0. The number of carbonyl (C=O) groups is 1. The summed E-state index contributed by atoms with van der Waals surface area (Å²) in [6, 6.07) is 5.45. The molecule has 2 atom stereocenters. The van der Waals surface area contributed by atoms with E-state index in [0.29, 0.717) is 19.7 Å². The lowest BCUT2D eigenvalue weighted by atomic mass is 10.2. The quantitative estimate of drug-likeness (QED) is 0.914. The van der Waals surface area contributed by atoms with Gasteiger partial charge in [-0.1, -0.05) is 6.07 Å². The lowest BCUT2D eigenvalue weighted by Crippen LogP contribution is -2.36. The standard InChI is InChI=1S/C15H23N3O3/c1-15(2,3)21-14(19)18-8-12(16)13(9-18)20-10-11-6-4-5-7-17-11/h4-7,12-13H,8-10,16H2,1-3H3/t12-,13-/m0/s1. The first-order chi connectivity index (χ1) is 9.85. The highest BCUT2D eigenvalue weighted by atomic mass is 16.6. The summed E-state index contributed by atoms with van der Waals surface area (Å²) in [5.41, 5.74) is 6.38. The molecule has 1 aromatic rings. The van der Waals surface area contributed by atoms with Gasteiger partial charge in [-0.3, -0.25) is 4.98 Å². The van der Waals surface area contributed by atoms with Crippen molar-refractivity contribution < 1.29 is 14.3 Å². The average Bonchev–Trinajstić information content (AvgIpc) is 2.77. The molecule has 6 nitrogen and oxygen atoms in total. The fraction of sp³-hybridized carbons (Fsp3) is 0.600. The van der Waals surface area contributed by atoms with E-state index in [1.807, 2.05) is 39.0 Å². The minimum Gasteiger partial charge on any atom is -0.444 e. The molecule has 0 aromatic carbocycles. The molecule has 1 saturated heterocycles. The van der Waals surface area contributed by atoms with Crippen LogP contribution in [0.4, 0.5) is 4.79 Å². The zero-order valence-electron chi connectivity index (χ0n) is 12.8. The topological polar surface area (TPSA) is 77.7 Å². The summed E-state index contributed by atoms with van der Waals surface area (Å²) in [6.07, 6.45) is 1.18. The Labute approximate surface area is 125 Å². The number of nitrogens with two attached hydrogens (primary N) is 1. The Hall–Kier alpha value is -1.66. The van der Waals surface area contributed by atoms with Gasteiger partial charge in [-0.25, -0.2) is 4.79 Å². The number of carbonyl (C=O) groups excluding carboxylic acids is 1. The van der Waals surface area contributed by atoms with E-state index in [9.17, 15) is 4.79 Å². The molecular formula is C15H23N3O3. The van der Waals surface area contributed by atoms with E-state index in [2.05, 4.69) is 4.98 Å². The Morgan fingerprint density at radius 3 is 2.81 bits per heavy atom. The summed E-state index contributed by atoms with van der Waals surface area (Å²) >= 11 is 0. The van der Waals surface area contributed by atoms with Crippen molar-refractivity contribution in [2.45, 2.75) is 45.1 Å². The van der Waals surface area contributed by atoms with Crippen molar-refractivity contribution in [2.24, 2.45) is 5.73 Å². The highest BCUT2D eigenvalue weighted by Crippen LogP contribution is 2.17. The van der Waals surface area contributed by atoms with E-state index in [-0.39, 0.29) is 18.2 Å². The van der Waals surface area contributed by atoms with Gasteiger partial charge in [-0.05, 0) is 32.9 Å². The van der Waals surface area contributed by atoms with Crippen LogP contribution in [0.5, 0.6) is 0 Å². The molecular weight excluding hydrogens is 270 g/mol. The summed E-state index contributed by atoms with van der Waals surface area (Å²) in [5, 5.41) is 0. The first kappa shape index (κ1) is 15.7. The number of amides is 1. The second kappa shape index (κ2) is 6.41. The van der Waals surface area contributed by atoms with Crippen LogP contribution in [0.2, 0.25) is 0 Å². The van der Waals surface area contributed by atoms with Gasteiger partial charge in [-0.2, -0.15) is 0 Å². The van der Waals surface area contributed by atoms with Gasteiger partial charge in [0.05, 0.1) is 31.0 Å². The van der Waals surface area contributed by atoms with Crippen molar-refractivity contribution in [3.05, 3.63) is 30.1 Å². The minimum atomic E-state index is -0.506. The summed E-state index contributed by atoms with van der Waals surface area (Å²) in [7, 11) is 0. The Morgan fingerprint density at radius 1 is 1.43 bits per heavy atom. The van der Waals surface area contributed by atoms with Gasteiger partial charge in [-0.15, -0.1) is 0 Å². The molecule has 21 heavy (non-hydrogen) atoms. The van der Waals surface area contributed by atoms with Gasteiger partial charge in [0.15, 0.2) is 0 Å². The van der Waals surface area contributed by atoms with Crippen LogP contribution in [0, 0.1) is 0 Å². The van der Waals surface area contributed by atoms with Gasteiger partial charge in [0, 0.05) is 12.7 Å². The van der Waals surface area contributed by atoms with Gasteiger partial charge in [0.2, 0.25) is 0 Å². The summed E-state index contributed by atoms with van der Waals surface area (Å²) in [5.74, 6) is 0. The minimum absolute atomic E-state index is 0.195. The molecule has 0 spiro atoms. The first-order valence-electron chi connectivity index (χ1n) is 7.10. The molecule has 6 heteroatoms. The second-order valence-electron chi connectivity index (χ2n) is 6.22. The van der Waals surface area contributed by atoms with Crippen LogP contribution in [0.25, 0.3) is 0 Å². The number of aromatic nitrogens is 1. The monoisotopic (exact) mass is 293 g/mol. The number of rotatable bonds is 3. The zero-order valence-corrected chi connectivity index (χ0v) is 12.8. The number of pyridine rings is 1. The lowest BCUT2D eigenvalue weighted by molar-refractivity contribution is 0.0166. The molecule has 1 amide bonds. The number of hydrogen-bond acceptors (Lipinski definition) is 5. The summed E-state index contributed by atoms with van der Waals surface area (Å²) < 4.78 is 11.1. The van der Waals surface area contributed by atoms with Crippen molar-refractivity contribution >= 4 is 6.09 Å². The molecule has 1 aromatic heterocycles. The van der Waals surface area contributed by atoms with E-state index in [4.69, 9.17) is 15.2 Å². The third kappa shape index (κ3) is 4.68. The fourth-order valence-corrected chi connectivity index (χ4v) is 2.13. The molecule has 0 saturated carbocycles. The SMILES string of the molecule is CC(C)(C)OC(=O)N1C[C@H](OCc2ccccn2)[C@@H](N)C1. The lowest BCUT2D eigenvalue weighted by Gasteiger charge is -2.24. The van der Waals surface area contributed by atoms with Crippen molar-refractivity contribution in [1.29, 1.82) is 0 Å². The van der Waals surface area contributed by atoms with Crippen LogP contribution in [0.3, 0.4) is 0 Å². The number of likely N-dealkylation sites (tertiary alicyclic amines) is 1. The number of ether oxygens (including phenoxy) is 2.